The molecule has 308 valence electrons. The van der Waals surface area contributed by atoms with E-state index in [2.05, 4.69) is 100 Å². The van der Waals surface area contributed by atoms with E-state index in [0.29, 0.717) is 21.5 Å². The maximum Gasteiger partial charge on any atom is 0.0785 e. The van der Waals surface area contributed by atoms with Gasteiger partial charge in [-0.1, -0.05) is 131 Å². The van der Waals surface area contributed by atoms with Crippen molar-refractivity contribution in [3.8, 4) is 11.1 Å². The second-order valence-electron chi connectivity index (χ2n) is 17.8. The Balaban J connectivity index is 0.000000268. The third kappa shape index (κ3) is 15.7. The Labute approximate surface area is 336 Å². The van der Waals surface area contributed by atoms with E-state index in [1.54, 1.807) is 11.1 Å². The summed E-state index contributed by atoms with van der Waals surface area (Å²) in [4.78, 5) is 0. The van der Waals surface area contributed by atoms with E-state index in [4.69, 9.17) is 0 Å². The van der Waals surface area contributed by atoms with Crippen LogP contribution in [0.2, 0.25) is 0 Å². The average molecular weight is 761 g/mol. The summed E-state index contributed by atoms with van der Waals surface area (Å²) in [7, 11) is 1.50. The van der Waals surface area contributed by atoms with Gasteiger partial charge in [0.05, 0.1) is 21.5 Å². The van der Waals surface area contributed by atoms with Crippen LogP contribution in [-0.2, 0) is 12.8 Å². The highest BCUT2D eigenvalue weighted by Gasteiger charge is 2.30. The minimum absolute atomic E-state index is 0.500. The Bertz CT molecular complexity index is 1350. The molecule has 0 heterocycles. The van der Waals surface area contributed by atoms with Gasteiger partial charge in [0, 0.05) is 0 Å². The summed E-state index contributed by atoms with van der Waals surface area (Å²) in [6.07, 6.45) is 27.3. The van der Waals surface area contributed by atoms with Crippen LogP contribution in [0.5, 0.6) is 0 Å². The predicted octanol–water partition coefficient (Wildman–Crippen LogP) is 16.3. The zero-order valence-electron chi connectivity index (χ0n) is 36.1. The summed E-state index contributed by atoms with van der Waals surface area (Å²) in [5.74, 6) is 7.70. The molecular formula is C52H79F3. The Hall–Kier alpha value is -2.55. The summed E-state index contributed by atoms with van der Waals surface area (Å²) < 4.78 is 28.5. The quantitative estimate of drug-likeness (QED) is 0.214. The molecule has 4 aliphatic carbocycles. The normalized spacial score (nSPS) is 27.6. The molecule has 0 unspecified atom stereocenters. The van der Waals surface area contributed by atoms with Crippen LogP contribution in [0.4, 0.5) is 13.2 Å². The molecule has 0 radical (unpaired) electrons. The fraction of sp³-hybridized carbons (Fsp3) is 0.654. The number of benzene rings is 3. The predicted molar refractivity (Wildman–Crippen MR) is 234 cm³/mol. The lowest BCUT2D eigenvalue weighted by molar-refractivity contribution is 0.150. The van der Waals surface area contributed by atoms with Crippen LogP contribution in [0.1, 0.15) is 158 Å². The Morgan fingerprint density at radius 3 is 1.20 bits per heavy atom. The zero-order valence-corrected chi connectivity index (χ0v) is 36.1. The summed E-state index contributed by atoms with van der Waals surface area (Å²) in [5.41, 5.74) is 8.74. The summed E-state index contributed by atoms with van der Waals surface area (Å²) in [6, 6.07) is 28.1. The van der Waals surface area contributed by atoms with E-state index in [0.717, 1.165) is 47.3 Å². The first-order valence-corrected chi connectivity index (χ1v) is 22.3. The van der Waals surface area contributed by atoms with Gasteiger partial charge in [0.2, 0.25) is 0 Å². The topological polar surface area (TPSA) is 0 Å². The molecule has 0 saturated heterocycles. The van der Waals surface area contributed by atoms with Gasteiger partial charge in [-0.25, -0.2) is 0 Å². The molecule has 0 aliphatic heterocycles. The van der Waals surface area contributed by atoms with Crippen LogP contribution in [0, 0.1) is 48.3 Å². The van der Waals surface area contributed by atoms with Gasteiger partial charge < -0.3 is 0 Å². The van der Waals surface area contributed by atoms with E-state index in [9.17, 15) is 13.2 Å². The molecule has 0 atom stereocenters. The van der Waals surface area contributed by atoms with Gasteiger partial charge in [-0.15, -0.1) is 0 Å². The fourth-order valence-electron chi connectivity index (χ4n) is 10.2. The summed E-state index contributed by atoms with van der Waals surface area (Å²) in [5, 5.41) is 0. The van der Waals surface area contributed by atoms with Crippen molar-refractivity contribution in [1.82, 2.24) is 0 Å². The van der Waals surface area contributed by atoms with E-state index >= 15 is 0 Å². The van der Waals surface area contributed by atoms with Crippen molar-refractivity contribution >= 4 is 0 Å². The first-order chi connectivity index (χ1) is 26.9. The molecule has 0 nitrogen and oxygen atoms in total. The molecule has 0 bridgehead atoms. The number of halogens is 3. The second kappa shape index (κ2) is 26.4. The number of aryl methyl sites for hydroxylation is 1. The highest BCUT2D eigenvalue weighted by Crippen LogP contribution is 2.42. The van der Waals surface area contributed by atoms with Gasteiger partial charge in [-0.05, 0) is 172 Å². The molecule has 0 aromatic heterocycles. The van der Waals surface area contributed by atoms with Crippen molar-refractivity contribution in [2.75, 3.05) is 21.5 Å². The van der Waals surface area contributed by atoms with Crippen LogP contribution >= 0.6 is 0 Å². The SMILES string of the molecule is CCC1CCC(c2ccc(-c3ccc(CC4CCC(C)CC4)cc3)cc2)CC1.CF.CF.CF.Cc1ccc(CC2CCC(C3CCC(C)CC3)CC2)cc1. The van der Waals surface area contributed by atoms with Crippen molar-refractivity contribution in [2.24, 2.45) is 41.4 Å². The van der Waals surface area contributed by atoms with E-state index in [1.165, 1.54) is 144 Å². The number of rotatable bonds is 8. The van der Waals surface area contributed by atoms with E-state index in [-0.39, 0.29) is 0 Å². The smallest absolute Gasteiger partial charge is 0.0785 e. The summed E-state index contributed by atoms with van der Waals surface area (Å²) in [6.45, 7) is 9.38. The lowest BCUT2D eigenvalue weighted by atomic mass is 9.69. The minimum atomic E-state index is 0.500. The van der Waals surface area contributed by atoms with Gasteiger partial charge >= 0.3 is 0 Å². The standard InChI is InChI=1S/C28H38.C21H32.3CH3F/c1-3-22-8-12-25(13-9-22)27-16-18-28(19-17-27)26-14-10-24(11-15-26)20-23-6-4-21(2)5-7-23;1-16-3-7-18(8-4-16)15-19-9-13-21(14-10-19)20-11-5-17(2)6-12-20;3*1-2/h10-11,14-19,21-23,25H,3-9,12-13,20H2,1-2H3;3-4,7-8,17,19-21H,5-6,9-15H2,1-2H3;3*1H3. The largest absolute Gasteiger partial charge is 0.255 e. The monoisotopic (exact) mass is 761 g/mol. The van der Waals surface area contributed by atoms with Gasteiger partial charge in [-0.3, -0.25) is 13.2 Å². The third-order valence-corrected chi connectivity index (χ3v) is 14.0. The number of hydrogen-bond donors (Lipinski definition) is 0. The molecule has 7 rings (SSSR count). The number of alkyl halides is 3. The van der Waals surface area contributed by atoms with Crippen LogP contribution in [0.25, 0.3) is 11.1 Å². The Kier molecular flexibility index (Phi) is 22.5. The molecule has 0 N–H and O–H groups in total. The van der Waals surface area contributed by atoms with Gasteiger partial charge in [0.15, 0.2) is 0 Å². The van der Waals surface area contributed by atoms with Gasteiger partial charge in [-0.2, -0.15) is 0 Å². The van der Waals surface area contributed by atoms with Crippen LogP contribution in [0.3, 0.4) is 0 Å². The van der Waals surface area contributed by atoms with Crippen molar-refractivity contribution in [3.05, 3.63) is 95.1 Å². The Morgan fingerprint density at radius 1 is 0.418 bits per heavy atom. The highest BCUT2D eigenvalue weighted by molar-refractivity contribution is 5.64. The van der Waals surface area contributed by atoms with Crippen molar-refractivity contribution in [1.29, 1.82) is 0 Å². The first kappa shape index (κ1) is 46.8. The lowest BCUT2D eigenvalue weighted by Crippen LogP contribution is -2.25. The van der Waals surface area contributed by atoms with Gasteiger partial charge in [0.1, 0.15) is 0 Å². The van der Waals surface area contributed by atoms with Crippen molar-refractivity contribution in [2.45, 2.75) is 156 Å². The third-order valence-electron chi connectivity index (χ3n) is 14.0. The zero-order chi connectivity index (χ0) is 40.0. The Morgan fingerprint density at radius 2 is 0.764 bits per heavy atom. The molecule has 55 heavy (non-hydrogen) atoms. The lowest BCUT2D eigenvalue weighted by Gasteiger charge is -2.37. The van der Waals surface area contributed by atoms with E-state index in [1.807, 2.05) is 0 Å². The molecule has 4 fully saturated rings. The van der Waals surface area contributed by atoms with Crippen LogP contribution in [-0.4, -0.2) is 21.5 Å². The number of hydrogen-bond acceptors (Lipinski definition) is 0. The van der Waals surface area contributed by atoms with Crippen molar-refractivity contribution < 1.29 is 13.2 Å². The van der Waals surface area contributed by atoms with Crippen LogP contribution in [0.15, 0.2) is 72.8 Å². The van der Waals surface area contributed by atoms with E-state index < -0.39 is 0 Å². The molecule has 4 aliphatic rings. The molecule has 3 aromatic rings. The molecular weight excluding hydrogens is 682 g/mol. The molecule has 0 spiro atoms. The first-order valence-electron chi connectivity index (χ1n) is 22.3. The van der Waals surface area contributed by atoms with Gasteiger partial charge in [0.25, 0.3) is 0 Å². The maximum atomic E-state index is 9.50. The van der Waals surface area contributed by atoms with Crippen LogP contribution < -0.4 is 0 Å². The average Bonchev–Trinajstić information content (AvgIpc) is 3.26. The maximum absolute atomic E-state index is 9.50. The minimum Gasteiger partial charge on any atom is -0.255 e. The fourth-order valence-corrected chi connectivity index (χ4v) is 10.2. The highest BCUT2D eigenvalue weighted by atomic mass is 19.1. The molecule has 3 heteroatoms. The van der Waals surface area contributed by atoms with Crippen molar-refractivity contribution in [3.63, 3.8) is 0 Å². The molecule has 0 amide bonds. The molecule has 3 aromatic carbocycles. The molecule has 4 saturated carbocycles. The summed E-state index contributed by atoms with van der Waals surface area (Å²) >= 11 is 0. The second-order valence-corrected chi connectivity index (χ2v) is 17.8.